The molecule has 14 heavy (non-hydrogen) atoms. The molecule has 0 atom stereocenters. The Labute approximate surface area is 78.8 Å². The SMILES string of the molecule is CON(C)C(=O)C12CC1(C(F)(F)F)C2. The van der Waals surface area contributed by atoms with Crippen molar-refractivity contribution in [3.05, 3.63) is 0 Å². The molecule has 2 saturated carbocycles. The maximum absolute atomic E-state index is 12.4. The van der Waals surface area contributed by atoms with Crippen LogP contribution in [0.4, 0.5) is 13.2 Å². The summed E-state index contributed by atoms with van der Waals surface area (Å²) in [4.78, 5) is 16.0. The number of halogens is 3. The van der Waals surface area contributed by atoms with Gasteiger partial charge in [-0.05, 0) is 12.8 Å². The molecule has 0 N–H and O–H groups in total. The topological polar surface area (TPSA) is 29.5 Å². The van der Waals surface area contributed by atoms with Gasteiger partial charge in [0.25, 0.3) is 5.91 Å². The highest BCUT2D eigenvalue weighted by Crippen LogP contribution is 2.91. The standard InChI is InChI=1S/C8H10F3NO2/c1-12(14-2)5(13)6-3-7(6,4-6)8(9,10)11/h3-4H2,1-2H3. The maximum Gasteiger partial charge on any atom is 0.395 e. The van der Waals surface area contributed by atoms with Crippen molar-refractivity contribution in [2.75, 3.05) is 14.2 Å². The second kappa shape index (κ2) is 2.24. The van der Waals surface area contributed by atoms with Gasteiger partial charge in [-0.3, -0.25) is 9.63 Å². The molecule has 2 rings (SSSR count). The fraction of sp³-hybridized carbons (Fsp3) is 0.875. The first-order valence-electron chi connectivity index (χ1n) is 4.20. The second-order valence-corrected chi connectivity index (χ2v) is 4.00. The van der Waals surface area contributed by atoms with E-state index >= 15 is 0 Å². The number of carbonyl (C=O) groups is 1. The molecule has 0 aliphatic heterocycles. The van der Waals surface area contributed by atoms with Crippen molar-refractivity contribution in [3.8, 4) is 0 Å². The minimum atomic E-state index is -4.25. The van der Waals surface area contributed by atoms with E-state index in [1.165, 1.54) is 14.2 Å². The average molecular weight is 209 g/mol. The Hall–Kier alpha value is -0.780. The van der Waals surface area contributed by atoms with Gasteiger partial charge in [-0.1, -0.05) is 0 Å². The number of fused-ring (bicyclic) bond motifs is 1. The highest BCUT2D eigenvalue weighted by Gasteiger charge is 2.97. The molecule has 0 aromatic carbocycles. The van der Waals surface area contributed by atoms with E-state index < -0.39 is 22.9 Å². The fourth-order valence-corrected chi connectivity index (χ4v) is 2.10. The van der Waals surface area contributed by atoms with Crippen molar-refractivity contribution < 1.29 is 22.8 Å². The molecule has 1 amide bonds. The summed E-state index contributed by atoms with van der Waals surface area (Å²) in [5.74, 6) is -0.558. The normalized spacial score (nSPS) is 38.9. The summed E-state index contributed by atoms with van der Waals surface area (Å²) in [7, 11) is 2.59. The van der Waals surface area contributed by atoms with E-state index in [0.717, 1.165) is 5.06 Å². The van der Waals surface area contributed by atoms with Crippen molar-refractivity contribution >= 4 is 5.91 Å². The minimum absolute atomic E-state index is 0.0734. The van der Waals surface area contributed by atoms with Gasteiger partial charge in [0.15, 0.2) is 0 Å². The number of rotatable bonds is 2. The predicted molar refractivity (Wildman–Crippen MR) is 39.9 cm³/mol. The summed E-state index contributed by atoms with van der Waals surface area (Å²) in [5, 5.41) is 0.875. The van der Waals surface area contributed by atoms with Crippen LogP contribution in [0.25, 0.3) is 0 Å². The molecule has 0 unspecified atom stereocenters. The highest BCUT2D eigenvalue weighted by atomic mass is 19.4. The van der Waals surface area contributed by atoms with Gasteiger partial charge in [-0.15, -0.1) is 0 Å². The first-order chi connectivity index (χ1) is 6.31. The molecule has 2 aliphatic rings. The Morgan fingerprint density at radius 2 is 1.93 bits per heavy atom. The highest BCUT2D eigenvalue weighted by molar-refractivity contribution is 5.91. The second-order valence-electron chi connectivity index (χ2n) is 4.00. The lowest BCUT2D eigenvalue weighted by Crippen LogP contribution is -2.30. The van der Waals surface area contributed by atoms with Gasteiger partial charge in [0.05, 0.1) is 17.9 Å². The lowest BCUT2D eigenvalue weighted by molar-refractivity contribution is -0.179. The molecule has 0 bridgehead atoms. The Bertz CT molecular complexity index is 293. The summed E-state index contributed by atoms with van der Waals surface area (Å²) in [6, 6.07) is 0. The van der Waals surface area contributed by atoms with E-state index in [1.807, 2.05) is 0 Å². The minimum Gasteiger partial charge on any atom is -0.275 e. The van der Waals surface area contributed by atoms with E-state index in [4.69, 9.17) is 0 Å². The van der Waals surface area contributed by atoms with Crippen LogP contribution in [0.2, 0.25) is 0 Å². The number of hydrogen-bond donors (Lipinski definition) is 0. The van der Waals surface area contributed by atoms with E-state index in [-0.39, 0.29) is 12.8 Å². The van der Waals surface area contributed by atoms with E-state index in [0.29, 0.717) is 0 Å². The number of amides is 1. The van der Waals surface area contributed by atoms with Gasteiger partial charge in [-0.25, -0.2) is 5.06 Å². The Morgan fingerprint density at radius 1 is 1.43 bits per heavy atom. The average Bonchev–Trinajstić information content (AvgIpc) is 2.84. The third-order valence-electron chi connectivity index (χ3n) is 3.39. The molecule has 0 saturated heterocycles. The van der Waals surface area contributed by atoms with Crippen LogP contribution in [0.15, 0.2) is 0 Å². The summed E-state index contributed by atoms with van der Waals surface area (Å²) in [6.45, 7) is 0. The smallest absolute Gasteiger partial charge is 0.275 e. The van der Waals surface area contributed by atoms with Crippen LogP contribution in [-0.4, -0.2) is 31.3 Å². The zero-order valence-corrected chi connectivity index (χ0v) is 7.81. The molecular formula is C8H10F3NO2. The van der Waals surface area contributed by atoms with Gasteiger partial charge in [0, 0.05) is 7.05 Å². The zero-order valence-electron chi connectivity index (χ0n) is 7.81. The largest absolute Gasteiger partial charge is 0.395 e. The number of hydrogen-bond acceptors (Lipinski definition) is 2. The quantitative estimate of drug-likeness (QED) is 0.642. The molecule has 80 valence electrons. The van der Waals surface area contributed by atoms with Crippen LogP contribution in [0.5, 0.6) is 0 Å². The lowest BCUT2D eigenvalue weighted by Gasteiger charge is -2.14. The molecule has 6 heteroatoms. The van der Waals surface area contributed by atoms with Crippen LogP contribution in [0, 0.1) is 10.8 Å². The first kappa shape index (κ1) is 9.76. The predicted octanol–water partition coefficient (Wildman–Crippen LogP) is 1.35. The van der Waals surface area contributed by atoms with Crippen molar-refractivity contribution in [1.82, 2.24) is 5.06 Å². The van der Waals surface area contributed by atoms with Gasteiger partial charge in [0.2, 0.25) is 0 Å². The first-order valence-corrected chi connectivity index (χ1v) is 4.20. The molecule has 0 heterocycles. The third-order valence-corrected chi connectivity index (χ3v) is 3.39. The molecule has 2 aliphatic carbocycles. The molecule has 0 radical (unpaired) electrons. The van der Waals surface area contributed by atoms with Crippen molar-refractivity contribution in [3.63, 3.8) is 0 Å². The van der Waals surface area contributed by atoms with Crippen LogP contribution >= 0.6 is 0 Å². The van der Waals surface area contributed by atoms with Crippen molar-refractivity contribution in [2.45, 2.75) is 19.0 Å². The van der Waals surface area contributed by atoms with Gasteiger partial charge < -0.3 is 0 Å². The van der Waals surface area contributed by atoms with E-state index in [2.05, 4.69) is 4.84 Å². The van der Waals surface area contributed by atoms with Crippen LogP contribution in [-0.2, 0) is 9.63 Å². The van der Waals surface area contributed by atoms with Crippen molar-refractivity contribution in [1.29, 1.82) is 0 Å². The Balaban J connectivity index is 2.10. The number of nitrogens with zero attached hydrogens (tertiary/aromatic N) is 1. The summed E-state index contributed by atoms with van der Waals surface area (Å²) >= 11 is 0. The summed E-state index contributed by atoms with van der Waals surface area (Å²) in [6.07, 6.45) is -4.40. The Morgan fingerprint density at radius 3 is 2.21 bits per heavy atom. The summed E-state index contributed by atoms with van der Waals surface area (Å²) < 4.78 is 37.3. The van der Waals surface area contributed by atoms with Gasteiger partial charge in [-0.2, -0.15) is 13.2 Å². The molecule has 0 aromatic heterocycles. The maximum atomic E-state index is 12.4. The summed E-state index contributed by atoms with van der Waals surface area (Å²) in [5.41, 5.74) is -2.90. The number of hydroxylamine groups is 2. The fourth-order valence-electron chi connectivity index (χ4n) is 2.10. The van der Waals surface area contributed by atoms with E-state index in [1.54, 1.807) is 0 Å². The Kier molecular flexibility index (Phi) is 1.56. The number of carbonyl (C=O) groups excluding carboxylic acids is 1. The third kappa shape index (κ3) is 0.846. The van der Waals surface area contributed by atoms with Crippen LogP contribution < -0.4 is 0 Å². The van der Waals surface area contributed by atoms with Gasteiger partial charge in [0.1, 0.15) is 0 Å². The number of alkyl halides is 3. The molecule has 3 nitrogen and oxygen atoms in total. The monoisotopic (exact) mass is 209 g/mol. The van der Waals surface area contributed by atoms with Crippen LogP contribution in [0.3, 0.4) is 0 Å². The van der Waals surface area contributed by atoms with Crippen LogP contribution in [0.1, 0.15) is 12.8 Å². The molecular weight excluding hydrogens is 199 g/mol. The lowest BCUT2D eigenvalue weighted by atomic mass is 10.2. The van der Waals surface area contributed by atoms with Crippen molar-refractivity contribution in [2.24, 2.45) is 10.8 Å². The molecule has 0 spiro atoms. The van der Waals surface area contributed by atoms with Gasteiger partial charge >= 0.3 is 6.18 Å². The zero-order chi connectivity index (χ0) is 10.8. The molecule has 0 aromatic rings. The molecule has 2 fully saturated rings. The van der Waals surface area contributed by atoms with E-state index in [9.17, 15) is 18.0 Å².